The van der Waals surface area contributed by atoms with Crippen LogP contribution >= 0.6 is 0 Å². The fourth-order valence-electron chi connectivity index (χ4n) is 1.92. The highest BCUT2D eigenvalue weighted by molar-refractivity contribution is 5.80. The van der Waals surface area contributed by atoms with Crippen molar-refractivity contribution >= 4 is 11.6 Å². The Bertz CT molecular complexity index is 602. The number of allylic oxidation sites excluding steroid dienone is 1. The van der Waals surface area contributed by atoms with Crippen molar-refractivity contribution in [3.8, 4) is 0 Å². The fourth-order valence-corrected chi connectivity index (χ4v) is 1.92. The molecule has 2 rings (SSSR count). The molecule has 0 saturated heterocycles. The summed E-state index contributed by atoms with van der Waals surface area (Å²) in [4.78, 5) is 0. The predicted molar refractivity (Wildman–Crippen MR) is 76.2 cm³/mol. The topological polar surface area (TPSA) is 0 Å². The summed E-state index contributed by atoms with van der Waals surface area (Å²) in [7, 11) is 0. The highest BCUT2D eigenvalue weighted by Crippen LogP contribution is 2.29. The van der Waals surface area contributed by atoms with Gasteiger partial charge in [-0.05, 0) is 42.7 Å². The molecular weight excluding hydrogens is 261 g/mol. The summed E-state index contributed by atoms with van der Waals surface area (Å²) in [6.07, 6.45) is -2.40. The first-order chi connectivity index (χ1) is 9.36. The maximum Gasteiger partial charge on any atom is 0.416 e. The first kappa shape index (κ1) is 14.4. The zero-order valence-electron chi connectivity index (χ0n) is 11.3. The predicted octanol–water partition coefficient (Wildman–Crippen LogP) is 5.57. The molecule has 0 bridgehead atoms. The van der Waals surface area contributed by atoms with E-state index in [2.05, 4.69) is 0 Å². The Morgan fingerprint density at radius 3 is 1.95 bits per heavy atom. The second-order valence-electron chi connectivity index (χ2n) is 4.81. The molecule has 20 heavy (non-hydrogen) atoms. The van der Waals surface area contributed by atoms with E-state index < -0.39 is 11.7 Å². The molecule has 0 amide bonds. The van der Waals surface area contributed by atoms with E-state index >= 15 is 0 Å². The second-order valence-corrected chi connectivity index (χ2v) is 4.81. The van der Waals surface area contributed by atoms with Gasteiger partial charge >= 0.3 is 6.18 Å². The van der Waals surface area contributed by atoms with Gasteiger partial charge in [-0.25, -0.2) is 0 Å². The van der Waals surface area contributed by atoms with Gasteiger partial charge in [-0.15, -0.1) is 0 Å². The Balaban J connectivity index is 2.24. The van der Waals surface area contributed by atoms with Crippen LogP contribution in [0.5, 0.6) is 0 Å². The molecule has 3 heteroatoms. The average Bonchev–Trinajstić information content (AvgIpc) is 2.39. The van der Waals surface area contributed by atoms with E-state index in [9.17, 15) is 13.2 Å². The largest absolute Gasteiger partial charge is 0.416 e. The highest BCUT2D eigenvalue weighted by Gasteiger charge is 2.29. The SMILES string of the molecule is CC(=Cc1ccc(C(F)(F)F)cc1)c1ccc(C)cc1. The van der Waals surface area contributed by atoms with Gasteiger partial charge in [0.25, 0.3) is 0 Å². The standard InChI is InChI=1S/C17H15F3/c1-12-3-7-15(8-4-12)13(2)11-14-5-9-16(10-6-14)17(18,19)20/h3-11H,1-2H3. The van der Waals surface area contributed by atoms with Crippen molar-refractivity contribution in [1.29, 1.82) is 0 Å². The van der Waals surface area contributed by atoms with Crippen LogP contribution in [0.15, 0.2) is 48.5 Å². The number of halogens is 3. The van der Waals surface area contributed by atoms with Crippen molar-refractivity contribution in [3.63, 3.8) is 0 Å². The molecule has 2 aromatic carbocycles. The molecule has 0 fully saturated rings. The summed E-state index contributed by atoms with van der Waals surface area (Å²) in [6, 6.07) is 13.2. The van der Waals surface area contributed by atoms with Crippen molar-refractivity contribution in [1.82, 2.24) is 0 Å². The van der Waals surface area contributed by atoms with E-state index in [0.29, 0.717) is 0 Å². The Morgan fingerprint density at radius 1 is 0.900 bits per heavy atom. The van der Waals surface area contributed by atoms with Gasteiger partial charge in [0.1, 0.15) is 0 Å². The Morgan fingerprint density at radius 2 is 1.45 bits per heavy atom. The van der Waals surface area contributed by atoms with Gasteiger partial charge in [0.15, 0.2) is 0 Å². The van der Waals surface area contributed by atoms with Crippen LogP contribution in [0.1, 0.15) is 29.2 Å². The molecule has 0 atom stereocenters. The lowest BCUT2D eigenvalue weighted by molar-refractivity contribution is -0.137. The van der Waals surface area contributed by atoms with Crippen LogP contribution in [-0.4, -0.2) is 0 Å². The van der Waals surface area contributed by atoms with E-state index in [4.69, 9.17) is 0 Å². The van der Waals surface area contributed by atoms with Gasteiger partial charge < -0.3 is 0 Å². The van der Waals surface area contributed by atoms with E-state index in [-0.39, 0.29) is 0 Å². The normalized spacial score (nSPS) is 12.6. The molecule has 0 radical (unpaired) electrons. The third kappa shape index (κ3) is 3.50. The zero-order valence-corrected chi connectivity index (χ0v) is 11.3. The minimum atomic E-state index is -4.28. The molecule has 0 spiro atoms. The molecule has 0 aliphatic heterocycles. The van der Waals surface area contributed by atoms with Crippen molar-refractivity contribution in [2.75, 3.05) is 0 Å². The van der Waals surface area contributed by atoms with Gasteiger partial charge in [0.2, 0.25) is 0 Å². The molecule has 0 N–H and O–H groups in total. The van der Waals surface area contributed by atoms with E-state index in [0.717, 1.165) is 28.8 Å². The third-order valence-corrected chi connectivity index (χ3v) is 3.13. The molecule has 2 aromatic rings. The first-order valence-electron chi connectivity index (χ1n) is 6.29. The summed E-state index contributed by atoms with van der Waals surface area (Å²) in [6.45, 7) is 3.96. The van der Waals surface area contributed by atoms with Gasteiger partial charge in [0, 0.05) is 0 Å². The van der Waals surface area contributed by atoms with Crippen molar-refractivity contribution < 1.29 is 13.2 Å². The number of benzene rings is 2. The van der Waals surface area contributed by atoms with Gasteiger partial charge in [-0.2, -0.15) is 13.2 Å². The van der Waals surface area contributed by atoms with Gasteiger partial charge in [0.05, 0.1) is 5.56 Å². The number of aryl methyl sites for hydroxylation is 1. The van der Waals surface area contributed by atoms with E-state index in [1.54, 1.807) is 0 Å². The molecule has 0 nitrogen and oxygen atoms in total. The number of alkyl halides is 3. The minimum absolute atomic E-state index is 0.623. The summed E-state index contributed by atoms with van der Waals surface area (Å²) >= 11 is 0. The maximum absolute atomic E-state index is 12.5. The van der Waals surface area contributed by atoms with Gasteiger partial charge in [-0.3, -0.25) is 0 Å². The Labute approximate surface area is 116 Å². The number of rotatable bonds is 2. The van der Waals surface area contributed by atoms with E-state index in [1.165, 1.54) is 17.7 Å². The van der Waals surface area contributed by atoms with Crippen molar-refractivity contribution in [2.45, 2.75) is 20.0 Å². The minimum Gasteiger partial charge on any atom is -0.166 e. The molecule has 0 saturated carbocycles. The molecule has 104 valence electrons. The second kappa shape index (κ2) is 5.53. The molecular formula is C17H15F3. The van der Waals surface area contributed by atoms with Crippen molar-refractivity contribution in [2.24, 2.45) is 0 Å². The number of hydrogen-bond donors (Lipinski definition) is 0. The molecule has 0 unspecified atom stereocenters. The molecule has 0 aromatic heterocycles. The summed E-state index contributed by atoms with van der Waals surface area (Å²) in [5.74, 6) is 0. The summed E-state index contributed by atoms with van der Waals surface area (Å²) < 4.78 is 37.4. The van der Waals surface area contributed by atoms with Crippen LogP contribution in [0.2, 0.25) is 0 Å². The smallest absolute Gasteiger partial charge is 0.166 e. The van der Waals surface area contributed by atoms with Crippen LogP contribution in [0, 0.1) is 6.92 Å². The Kier molecular flexibility index (Phi) is 3.98. The lowest BCUT2D eigenvalue weighted by atomic mass is 10.0. The van der Waals surface area contributed by atoms with E-state index in [1.807, 2.05) is 44.2 Å². The molecule has 0 aliphatic rings. The quantitative estimate of drug-likeness (QED) is 0.629. The maximum atomic E-state index is 12.5. The fraction of sp³-hybridized carbons (Fsp3) is 0.176. The summed E-state index contributed by atoms with van der Waals surface area (Å²) in [5, 5.41) is 0. The van der Waals surface area contributed by atoms with Crippen LogP contribution in [0.4, 0.5) is 13.2 Å². The van der Waals surface area contributed by atoms with Crippen LogP contribution < -0.4 is 0 Å². The molecule has 0 heterocycles. The average molecular weight is 276 g/mol. The monoisotopic (exact) mass is 276 g/mol. The van der Waals surface area contributed by atoms with Gasteiger partial charge in [-0.1, -0.05) is 48.0 Å². The van der Waals surface area contributed by atoms with Crippen LogP contribution in [0.25, 0.3) is 11.6 Å². The lowest BCUT2D eigenvalue weighted by Crippen LogP contribution is -2.03. The highest BCUT2D eigenvalue weighted by atomic mass is 19.4. The van der Waals surface area contributed by atoms with Crippen molar-refractivity contribution in [3.05, 3.63) is 70.8 Å². The first-order valence-corrected chi connectivity index (χ1v) is 6.29. The molecule has 0 aliphatic carbocycles. The number of hydrogen-bond acceptors (Lipinski definition) is 0. The summed E-state index contributed by atoms with van der Waals surface area (Å²) in [5.41, 5.74) is 3.40. The van der Waals surface area contributed by atoms with Crippen LogP contribution in [-0.2, 0) is 6.18 Å². The third-order valence-electron chi connectivity index (χ3n) is 3.13. The van der Waals surface area contributed by atoms with Crippen LogP contribution in [0.3, 0.4) is 0 Å². The lowest BCUT2D eigenvalue weighted by Gasteiger charge is -2.07. The Hall–Kier alpha value is -2.03. The zero-order chi connectivity index (χ0) is 14.8.